The molecule has 2 aromatic rings. The first kappa shape index (κ1) is 10.7. The van der Waals surface area contributed by atoms with Crippen molar-refractivity contribution in [1.29, 1.82) is 0 Å². The fraction of sp³-hybridized carbons (Fsp3) is 0. The fourth-order valence-electron chi connectivity index (χ4n) is 1.05. The number of hydrogen-bond donors (Lipinski definition) is 1. The van der Waals surface area contributed by atoms with Crippen molar-refractivity contribution in [3.63, 3.8) is 0 Å². The summed E-state index contributed by atoms with van der Waals surface area (Å²) in [5.41, 5.74) is 5.51. The van der Waals surface area contributed by atoms with E-state index in [9.17, 15) is 0 Å². The van der Waals surface area contributed by atoms with Gasteiger partial charge in [-0.25, -0.2) is 9.67 Å². The average molecular weight is 308 g/mol. The first-order valence-electron chi connectivity index (χ1n) is 3.90. The van der Waals surface area contributed by atoms with Crippen molar-refractivity contribution in [1.82, 2.24) is 14.8 Å². The quantitative estimate of drug-likeness (QED) is 0.881. The summed E-state index contributed by atoms with van der Waals surface area (Å²) in [6, 6.07) is 1.72. The summed E-state index contributed by atoms with van der Waals surface area (Å²) in [4.78, 5) is 4.11. The van der Waals surface area contributed by atoms with Gasteiger partial charge in [-0.15, -0.1) is 5.10 Å². The summed E-state index contributed by atoms with van der Waals surface area (Å²) in [5.74, 6) is 0.732. The lowest BCUT2D eigenvalue weighted by Gasteiger charge is -2.02. The van der Waals surface area contributed by atoms with Crippen molar-refractivity contribution in [2.24, 2.45) is 0 Å². The van der Waals surface area contributed by atoms with Crippen LogP contribution in [0.25, 0.3) is 5.82 Å². The molecular weight excluding hydrogens is 303 g/mol. The predicted molar refractivity (Wildman–Crippen MR) is 63.5 cm³/mol. The standard InChI is InChI=1S/C8H5BrCl2N4/c9-4-1-5(10)8(13-2-4)15-3-6(11)7(12)14-15/h1-3H,(H2,12,14). The van der Waals surface area contributed by atoms with E-state index in [1.807, 2.05) is 0 Å². The number of hydrogen-bond acceptors (Lipinski definition) is 3. The van der Waals surface area contributed by atoms with Crippen LogP contribution in [0.15, 0.2) is 22.9 Å². The molecule has 2 aromatic heterocycles. The van der Waals surface area contributed by atoms with Crippen molar-refractivity contribution in [3.8, 4) is 5.82 Å². The van der Waals surface area contributed by atoms with Gasteiger partial charge in [0.2, 0.25) is 0 Å². The van der Waals surface area contributed by atoms with E-state index >= 15 is 0 Å². The summed E-state index contributed by atoms with van der Waals surface area (Å²) in [6.07, 6.45) is 3.17. The molecule has 2 rings (SSSR count). The molecule has 78 valence electrons. The number of pyridine rings is 1. The molecule has 0 saturated heterocycles. The second-order valence-corrected chi connectivity index (χ2v) is 4.50. The van der Waals surface area contributed by atoms with Gasteiger partial charge in [-0.1, -0.05) is 23.2 Å². The highest BCUT2D eigenvalue weighted by atomic mass is 79.9. The summed E-state index contributed by atoms with van der Waals surface area (Å²) in [5, 5.41) is 4.80. The first-order valence-corrected chi connectivity index (χ1v) is 5.45. The van der Waals surface area contributed by atoms with Gasteiger partial charge in [0.1, 0.15) is 5.02 Å². The number of nitrogens with zero attached hydrogens (tertiary/aromatic N) is 3. The molecule has 0 atom stereocenters. The second-order valence-electron chi connectivity index (χ2n) is 2.77. The van der Waals surface area contributed by atoms with Gasteiger partial charge >= 0.3 is 0 Å². The topological polar surface area (TPSA) is 56.7 Å². The molecule has 0 radical (unpaired) electrons. The SMILES string of the molecule is Nc1nn(-c2ncc(Br)cc2Cl)cc1Cl. The van der Waals surface area contributed by atoms with Crippen molar-refractivity contribution in [2.45, 2.75) is 0 Å². The minimum absolute atomic E-state index is 0.248. The van der Waals surface area contributed by atoms with Crippen molar-refractivity contribution >= 4 is 44.9 Å². The first-order chi connectivity index (χ1) is 7.08. The fourth-order valence-corrected chi connectivity index (χ4v) is 1.90. The van der Waals surface area contributed by atoms with Crippen LogP contribution in [0.3, 0.4) is 0 Å². The van der Waals surface area contributed by atoms with E-state index in [0.717, 1.165) is 4.47 Å². The molecule has 4 nitrogen and oxygen atoms in total. The van der Waals surface area contributed by atoms with Crippen LogP contribution in [-0.2, 0) is 0 Å². The van der Waals surface area contributed by atoms with Crippen LogP contribution in [0.2, 0.25) is 10.0 Å². The number of nitrogens with two attached hydrogens (primary N) is 1. The molecule has 15 heavy (non-hydrogen) atoms. The van der Waals surface area contributed by atoms with Crippen molar-refractivity contribution in [3.05, 3.63) is 33.0 Å². The van der Waals surface area contributed by atoms with Crippen LogP contribution >= 0.6 is 39.1 Å². The minimum Gasteiger partial charge on any atom is -0.381 e. The summed E-state index contributed by atoms with van der Waals surface area (Å²) < 4.78 is 2.23. The summed E-state index contributed by atoms with van der Waals surface area (Å²) in [7, 11) is 0. The minimum atomic E-state index is 0.248. The maximum absolute atomic E-state index is 5.99. The zero-order chi connectivity index (χ0) is 11.0. The molecule has 0 saturated carbocycles. The lowest BCUT2D eigenvalue weighted by molar-refractivity contribution is 0.851. The van der Waals surface area contributed by atoms with E-state index in [1.165, 1.54) is 4.68 Å². The van der Waals surface area contributed by atoms with Crippen LogP contribution in [0, 0.1) is 0 Å². The Kier molecular flexibility index (Phi) is 2.86. The number of nitrogen functional groups attached to an aromatic ring is 1. The van der Waals surface area contributed by atoms with E-state index in [2.05, 4.69) is 26.0 Å². The van der Waals surface area contributed by atoms with Gasteiger partial charge in [-0.05, 0) is 22.0 Å². The molecule has 0 aliphatic heterocycles. The highest BCUT2D eigenvalue weighted by Gasteiger charge is 2.09. The number of anilines is 1. The highest BCUT2D eigenvalue weighted by Crippen LogP contribution is 2.24. The second kappa shape index (κ2) is 4.00. The summed E-state index contributed by atoms with van der Waals surface area (Å²) >= 11 is 15.0. The third kappa shape index (κ3) is 2.09. The van der Waals surface area contributed by atoms with E-state index in [0.29, 0.717) is 15.9 Å². The lowest BCUT2D eigenvalue weighted by Crippen LogP contribution is -1.99. The number of halogens is 3. The molecule has 7 heteroatoms. The molecule has 0 spiro atoms. The van der Waals surface area contributed by atoms with Gasteiger partial charge < -0.3 is 5.73 Å². The van der Waals surface area contributed by atoms with E-state index in [-0.39, 0.29) is 5.82 Å². The zero-order valence-electron chi connectivity index (χ0n) is 7.28. The maximum atomic E-state index is 5.99. The normalized spacial score (nSPS) is 10.6. The van der Waals surface area contributed by atoms with Gasteiger partial charge in [0.15, 0.2) is 11.6 Å². The Morgan fingerprint density at radius 1 is 1.33 bits per heavy atom. The van der Waals surface area contributed by atoms with Crippen LogP contribution in [0.4, 0.5) is 5.82 Å². The Labute approximate surface area is 104 Å². The maximum Gasteiger partial charge on any atom is 0.172 e. The molecule has 0 aromatic carbocycles. The molecule has 0 aliphatic carbocycles. The van der Waals surface area contributed by atoms with Crippen molar-refractivity contribution in [2.75, 3.05) is 5.73 Å². The molecule has 0 unspecified atom stereocenters. The van der Waals surface area contributed by atoms with Crippen molar-refractivity contribution < 1.29 is 0 Å². The Morgan fingerprint density at radius 2 is 2.07 bits per heavy atom. The van der Waals surface area contributed by atoms with Gasteiger partial charge in [-0.3, -0.25) is 0 Å². The Hall–Kier alpha value is -0.780. The van der Waals surface area contributed by atoms with Gasteiger partial charge in [-0.2, -0.15) is 0 Å². The molecule has 0 amide bonds. The molecule has 0 bridgehead atoms. The van der Waals surface area contributed by atoms with Crippen LogP contribution < -0.4 is 5.73 Å². The summed E-state index contributed by atoms with van der Waals surface area (Å²) in [6.45, 7) is 0. The zero-order valence-corrected chi connectivity index (χ0v) is 10.4. The Bertz CT molecular complexity index is 492. The molecular formula is C8H5BrCl2N4. The molecule has 2 N–H and O–H groups in total. The van der Waals surface area contributed by atoms with Crippen LogP contribution in [0.1, 0.15) is 0 Å². The van der Waals surface area contributed by atoms with Crippen LogP contribution in [-0.4, -0.2) is 14.8 Å². The predicted octanol–water partition coefficient (Wildman–Crippen LogP) is 2.92. The third-order valence-corrected chi connectivity index (χ3v) is 2.70. The van der Waals surface area contributed by atoms with Gasteiger partial charge in [0, 0.05) is 10.7 Å². The lowest BCUT2D eigenvalue weighted by atomic mass is 10.4. The molecule has 0 aliphatic rings. The van der Waals surface area contributed by atoms with Gasteiger partial charge in [0.25, 0.3) is 0 Å². The largest absolute Gasteiger partial charge is 0.381 e. The smallest absolute Gasteiger partial charge is 0.172 e. The third-order valence-electron chi connectivity index (χ3n) is 1.70. The van der Waals surface area contributed by atoms with Gasteiger partial charge in [0.05, 0.1) is 11.2 Å². The van der Waals surface area contributed by atoms with E-state index in [4.69, 9.17) is 28.9 Å². The van der Waals surface area contributed by atoms with Crippen LogP contribution in [0.5, 0.6) is 0 Å². The Morgan fingerprint density at radius 3 is 2.60 bits per heavy atom. The number of rotatable bonds is 1. The number of aromatic nitrogens is 3. The molecule has 0 fully saturated rings. The Balaban J connectivity index is 2.54. The monoisotopic (exact) mass is 306 g/mol. The molecule has 2 heterocycles. The highest BCUT2D eigenvalue weighted by molar-refractivity contribution is 9.10. The van der Waals surface area contributed by atoms with E-state index in [1.54, 1.807) is 18.5 Å². The average Bonchev–Trinajstić information content (AvgIpc) is 2.46. The van der Waals surface area contributed by atoms with E-state index < -0.39 is 0 Å².